The van der Waals surface area contributed by atoms with Crippen molar-refractivity contribution in [3.63, 3.8) is 0 Å². The summed E-state index contributed by atoms with van der Waals surface area (Å²) in [5, 5.41) is 11.6. The minimum Gasteiger partial charge on any atom is -0.325 e. The monoisotopic (exact) mass is 344 g/mol. The van der Waals surface area contributed by atoms with Gasteiger partial charge in [-0.3, -0.25) is 4.79 Å². The molecule has 122 valence electrons. The summed E-state index contributed by atoms with van der Waals surface area (Å²) >= 11 is 1.50. The first-order chi connectivity index (χ1) is 12.3. The van der Waals surface area contributed by atoms with Crippen molar-refractivity contribution >= 4 is 23.4 Å². The fourth-order valence-electron chi connectivity index (χ4n) is 2.41. The van der Waals surface area contributed by atoms with Crippen LogP contribution < -0.4 is 5.32 Å². The van der Waals surface area contributed by atoms with E-state index in [-0.39, 0.29) is 11.2 Å². The molecule has 3 nitrogen and oxygen atoms in total. The SMILES string of the molecule is N#Cc1cccc(NC(=O)[C@H](Sc2ccccc2)c2ccccc2)c1. The summed E-state index contributed by atoms with van der Waals surface area (Å²) in [5.41, 5.74) is 2.08. The van der Waals surface area contributed by atoms with Crippen LogP contribution in [0.4, 0.5) is 5.69 Å². The van der Waals surface area contributed by atoms with Crippen LogP contribution in [-0.2, 0) is 4.79 Å². The molecule has 0 heterocycles. The lowest BCUT2D eigenvalue weighted by atomic mass is 10.1. The Labute approximate surface area is 151 Å². The number of rotatable bonds is 5. The van der Waals surface area contributed by atoms with Crippen molar-refractivity contribution in [2.75, 3.05) is 5.32 Å². The number of thioether (sulfide) groups is 1. The summed E-state index contributed by atoms with van der Waals surface area (Å²) in [5.74, 6) is -0.116. The molecule has 3 aromatic carbocycles. The van der Waals surface area contributed by atoms with Gasteiger partial charge in [0, 0.05) is 10.6 Å². The number of carbonyl (C=O) groups is 1. The molecule has 0 spiro atoms. The lowest BCUT2D eigenvalue weighted by molar-refractivity contribution is -0.115. The van der Waals surface area contributed by atoms with Crippen molar-refractivity contribution in [1.82, 2.24) is 0 Å². The van der Waals surface area contributed by atoms with Crippen LogP contribution in [0.2, 0.25) is 0 Å². The number of carbonyl (C=O) groups excluding carboxylic acids is 1. The van der Waals surface area contributed by atoms with Crippen LogP contribution in [0.3, 0.4) is 0 Å². The van der Waals surface area contributed by atoms with Crippen molar-refractivity contribution in [3.05, 3.63) is 96.1 Å². The van der Waals surface area contributed by atoms with Crippen molar-refractivity contribution in [3.8, 4) is 6.07 Å². The molecule has 0 saturated heterocycles. The molecule has 1 N–H and O–H groups in total. The van der Waals surface area contributed by atoms with Gasteiger partial charge < -0.3 is 5.32 Å². The van der Waals surface area contributed by atoms with Gasteiger partial charge in [-0.05, 0) is 35.9 Å². The lowest BCUT2D eigenvalue weighted by Crippen LogP contribution is -2.19. The van der Waals surface area contributed by atoms with Crippen molar-refractivity contribution in [1.29, 1.82) is 5.26 Å². The molecule has 0 fully saturated rings. The van der Waals surface area contributed by atoms with Crippen LogP contribution in [0.5, 0.6) is 0 Å². The van der Waals surface area contributed by atoms with Crippen LogP contribution >= 0.6 is 11.8 Å². The zero-order chi connectivity index (χ0) is 17.5. The maximum atomic E-state index is 12.9. The largest absolute Gasteiger partial charge is 0.325 e. The zero-order valence-corrected chi connectivity index (χ0v) is 14.2. The van der Waals surface area contributed by atoms with E-state index in [1.54, 1.807) is 24.3 Å². The van der Waals surface area contributed by atoms with Crippen LogP contribution in [0.15, 0.2) is 89.8 Å². The Kier molecular flexibility index (Phi) is 5.50. The normalized spacial score (nSPS) is 11.3. The predicted octanol–water partition coefficient (Wildman–Crippen LogP) is 5.03. The molecular formula is C21H16N2OS. The Hall–Kier alpha value is -3.03. The van der Waals surface area contributed by atoms with Crippen molar-refractivity contribution in [2.24, 2.45) is 0 Å². The molecular weight excluding hydrogens is 328 g/mol. The first kappa shape index (κ1) is 16.8. The Balaban J connectivity index is 1.85. The number of benzene rings is 3. The van der Waals surface area contributed by atoms with Gasteiger partial charge >= 0.3 is 0 Å². The van der Waals surface area contributed by atoms with E-state index in [4.69, 9.17) is 5.26 Å². The molecule has 0 bridgehead atoms. The van der Waals surface area contributed by atoms with Gasteiger partial charge in [0.25, 0.3) is 0 Å². The average Bonchev–Trinajstić information content (AvgIpc) is 2.67. The second-order valence-electron chi connectivity index (χ2n) is 5.40. The highest BCUT2D eigenvalue weighted by Crippen LogP contribution is 2.36. The number of hydrogen-bond donors (Lipinski definition) is 1. The Morgan fingerprint density at radius 1 is 0.920 bits per heavy atom. The number of anilines is 1. The van der Waals surface area contributed by atoms with Gasteiger partial charge in [-0.25, -0.2) is 0 Å². The minimum atomic E-state index is -0.380. The highest BCUT2D eigenvalue weighted by molar-refractivity contribution is 8.00. The number of nitrogens with one attached hydrogen (secondary N) is 1. The minimum absolute atomic E-state index is 0.116. The molecule has 4 heteroatoms. The fraction of sp³-hybridized carbons (Fsp3) is 0.0476. The number of nitriles is 1. The summed E-state index contributed by atoms with van der Waals surface area (Å²) in [6, 6.07) is 28.6. The first-order valence-electron chi connectivity index (χ1n) is 7.84. The summed E-state index contributed by atoms with van der Waals surface area (Å²) in [4.78, 5) is 13.9. The smallest absolute Gasteiger partial charge is 0.242 e. The highest BCUT2D eigenvalue weighted by atomic mass is 32.2. The maximum absolute atomic E-state index is 12.9. The number of nitrogens with zero attached hydrogens (tertiary/aromatic N) is 1. The molecule has 0 aliphatic heterocycles. The van der Waals surface area contributed by atoms with E-state index in [9.17, 15) is 4.79 Å². The molecule has 1 atom stereocenters. The Bertz CT molecular complexity index is 889. The van der Waals surface area contributed by atoms with E-state index < -0.39 is 0 Å². The quantitative estimate of drug-likeness (QED) is 0.660. The van der Waals surface area contributed by atoms with Gasteiger partial charge in [0.15, 0.2) is 0 Å². The number of hydrogen-bond acceptors (Lipinski definition) is 3. The molecule has 0 aromatic heterocycles. The van der Waals surface area contributed by atoms with Gasteiger partial charge in [0.05, 0.1) is 11.6 Å². The molecule has 0 radical (unpaired) electrons. The van der Waals surface area contributed by atoms with Crippen LogP contribution in [0, 0.1) is 11.3 Å². The third kappa shape index (κ3) is 4.50. The van der Waals surface area contributed by atoms with Gasteiger partial charge in [-0.15, -0.1) is 11.8 Å². The third-order valence-corrected chi connectivity index (χ3v) is 4.86. The van der Waals surface area contributed by atoms with E-state index in [1.165, 1.54) is 11.8 Å². The van der Waals surface area contributed by atoms with E-state index >= 15 is 0 Å². The van der Waals surface area contributed by atoms with E-state index in [0.29, 0.717) is 11.3 Å². The summed E-state index contributed by atoms with van der Waals surface area (Å²) < 4.78 is 0. The van der Waals surface area contributed by atoms with Crippen molar-refractivity contribution in [2.45, 2.75) is 10.1 Å². The third-order valence-electron chi connectivity index (χ3n) is 3.60. The van der Waals surface area contributed by atoms with Crippen LogP contribution in [0.1, 0.15) is 16.4 Å². The van der Waals surface area contributed by atoms with Crippen LogP contribution in [-0.4, -0.2) is 5.91 Å². The first-order valence-corrected chi connectivity index (χ1v) is 8.72. The molecule has 1 amide bonds. The van der Waals surface area contributed by atoms with E-state index in [2.05, 4.69) is 11.4 Å². The van der Waals surface area contributed by atoms with Gasteiger partial charge in [0.1, 0.15) is 5.25 Å². The summed E-state index contributed by atoms with van der Waals surface area (Å²) in [6.07, 6.45) is 0. The predicted molar refractivity (Wildman–Crippen MR) is 101 cm³/mol. The average molecular weight is 344 g/mol. The van der Waals surface area contributed by atoms with E-state index in [0.717, 1.165) is 10.5 Å². The Morgan fingerprint density at radius 2 is 1.60 bits per heavy atom. The highest BCUT2D eigenvalue weighted by Gasteiger charge is 2.22. The van der Waals surface area contributed by atoms with Crippen molar-refractivity contribution < 1.29 is 4.79 Å². The Morgan fingerprint density at radius 3 is 2.28 bits per heavy atom. The molecule has 25 heavy (non-hydrogen) atoms. The molecule has 3 rings (SSSR count). The number of amides is 1. The fourth-order valence-corrected chi connectivity index (χ4v) is 3.46. The molecule has 0 saturated carbocycles. The lowest BCUT2D eigenvalue weighted by Gasteiger charge is -2.17. The van der Waals surface area contributed by atoms with Gasteiger partial charge in [-0.2, -0.15) is 5.26 Å². The van der Waals surface area contributed by atoms with E-state index in [1.807, 2.05) is 60.7 Å². The summed E-state index contributed by atoms with van der Waals surface area (Å²) in [6.45, 7) is 0. The maximum Gasteiger partial charge on any atom is 0.242 e. The van der Waals surface area contributed by atoms with Gasteiger partial charge in [-0.1, -0.05) is 54.6 Å². The van der Waals surface area contributed by atoms with Gasteiger partial charge in [0.2, 0.25) is 5.91 Å². The second kappa shape index (κ2) is 8.18. The molecule has 0 aliphatic carbocycles. The standard InChI is InChI=1S/C21H16N2OS/c22-15-16-8-7-11-18(14-16)23-21(24)20(17-9-3-1-4-10-17)25-19-12-5-2-6-13-19/h1-14,20H,(H,23,24)/t20-/m1/s1. The molecule has 3 aromatic rings. The topological polar surface area (TPSA) is 52.9 Å². The molecule has 0 unspecified atom stereocenters. The zero-order valence-electron chi connectivity index (χ0n) is 13.4. The summed E-state index contributed by atoms with van der Waals surface area (Å²) in [7, 11) is 0. The van der Waals surface area contributed by atoms with Crippen LogP contribution in [0.25, 0.3) is 0 Å². The molecule has 0 aliphatic rings. The second-order valence-corrected chi connectivity index (χ2v) is 6.58.